The van der Waals surface area contributed by atoms with Gasteiger partial charge in [0.2, 0.25) is 0 Å². The van der Waals surface area contributed by atoms with Gasteiger partial charge in [-0.25, -0.2) is 10.2 Å². The highest BCUT2D eigenvalue weighted by Crippen LogP contribution is 2.22. The second-order valence-electron chi connectivity index (χ2n) is 5.36. The number of aryl methyl sites for hydroxylation is 1. The van der Waals surface area contributed by atoms with Crippen molar-refractivity contribution in [2.75, 3.05) is 20.3 Å². The monoisotopic (exact) mass is 376 g/mol. The summed E-state index contributed by atoms with van der Waals surface area (Å²) < 4.78 is 16.0. The van der Waals surface area contributed by atoms with Gasteiger partial charge in [0, 0.05) is 17.0 Å². The Balaban J connectivity index is 1.85. The number of amides is 1. The van der Waals surface area contributed by atoms with Gasteiger partial charge >= 0.3 is 6.09 Å². The van der Waals surface area contributed by atoms with Gasteiger partial charge in [-0.2, -0.15) is 5.10 Å². The third kappa shape index (κ3) is 6.29. The van der Waals surface area contributed by atoms with Crippen molar-refractivity contribution in [3.8, 4) is 11.5 Å². The molecule has 7 heteroatoms. The first-order valence-corrected chi connectivity index (χ1v) is 8.45. The minimum absolute atomic E-state index is 0.471. The Kier molecular flexibility index (Phi) is 7.76. The first-order chi connectivity index (χ1) is 12.6. The van der Waals surface area contributed by atoms with Crippen LogP contribution in [0.15, 0.2) is 47.6 Å². The SMILES string of the molecule is COC(=O)N/N=C/c1cc(Cl)ccc1OCCCOc1ccccc1C. The van der Waals surface area contributed by atoms with Gasteiger partial charge in [-0.15, -0.1) is 0 Å². The van der Waals surface area contributed by atoms with Crippen LogP contribution in [0.1, 0.15) is 17.5 Å². The number of methoxy groups -OCH3 is 1. The molecule has 0 unspecified atom stereocenters. The minimum Gasteiger partial charge on any atom is -0.493 e. The molecule has 0 aliphatic carbocycles. The number of nitrogens with zero attached hydrogens (tertiary/aromatic N) is 1. The summed E-state index contributed by atoms with van der Waals surface area (Å²) in [6, 6.07) is 13.1. The summed E-state index contributed by atoms with van der Waals surface area (Å²) in [4.78, 5) is 11.0. The summed E-state index contributed by atoms with van der Waals surface area (Å²) in [6.07, 6.45) is 1.51. The molecule has 6 nitrogen and oxygen atoms in total. The van der Waals surface area contributed by atoms with Crippen molar-refractivity contribution in [3.63, 3.8) is 0 Å². The van der Waals surface area contributed by atoms with E-state index in [1.165, 1.54) is 13.3 Å². The Labute approximate surface area is 157 Å². The molecule has 2 rings (SSSR count). The molecule has 0 atom stereocenters. The molecule has 26 heavy (non-hydrogen) atoms. The lowest BCUT2D eigenvalue weighted by Crippen LogP contribution is -2.16. The van der Waals surface area contributed by atoms with Gasteiger partial charge < -0.3 is 14.2 Å². The van der Waals surface area contributed by atoms with Gasteiger partial charge in [0.15, 0.2) is 0 Å². The third-order valence-electron chi connectivity index (χ3n) is 3.41. The summed E-state index contributed by atoms with van der Waals surface area (Å²) in [6.45, 7) is 3.03. The molecule has 1 N–H and O–H groups in total. The average molecular weight is 377 g/mol. The van der Waals surface area contributed by atoms with Gasteiger partial charge in [0.05, 0.1) is 26.5 Å². The highest BCUT2D eigenvalue weighted by molar-refractivity contribution is 6.30. The van der Waals surface area contributed by atoms with E-state index in [4.69, 9.17) is 21.1 Å². The lowest BCUT2D eigenvalue weighted by atomic mass is 10.2. The van der Waals surface area contributed by atoms with Crippen LogP contribution in [0.2, 0.25) is 5.02 Å². The number of hydrogen-bond acceptors (Lipinski definition) is 5. The van der Waals surface area contributed by atoms with Crippen LogP contribution in [-0.2, 0) is 4.74 Å². The molecule has 0 aliphatic heterocycles. The van der Waals surface area contributed by atoms with Crippen molar-refractivity contribution in [1.29, 1.82) is 0 Å². The standard InChI is InChI=1S/C19H21ClN2O4/c1-14-6-3-4-7-17(14)25-10-5-11-26-18-9-8-16(20)12-15(18)13-21-22-19(23)24-2/h3-4,6-9,12-13H,5,10-11H2,1-2H3,(H,22,23)/b21-13+. The van der Waals surface area contributed by atoms with Crippen LogP contribution in [0.4, 0.5) is 4.79 Å². The molecule has 0 bridgehead atoms. The van der Waals surface area contributed by atoms with Crippen LogP contribution >= 0.6 is 11.6 Å². The van der Waals surface area contributed by atoms with E-state index in [-0.39, 0.29) is 0 Å². The van der Waals surface area contributed by atoms with Crippen molar-refractivity contribution in [1.82, 2.24) is 5.43 Å². The van der Waals surface area contributed by atoms with Gasteiger partial charge in [0.25, 0.3) is 0 Å². The largest absolute Gasteiger partial charge is 0.493 e. The van der Waals surface area contributed by atoms with Crippen molar-refractivity contribution in [2.24, 2.45) is 5.10 Å². The van der Waals surface area contributed by atoms with Gasteiger partial charge in [-0.1, -0.05) is 29.8 Å². The van der Waals surface area contributed by atoms with Crippen LogP contribution < -0.4 is 14.9 Å². The van der Waals surface area contributed by atoms with E-state index >= 15 is 0 Å². The van der Waals surface area contributed by atoms with E-state index in [0.717, 1.165) is 11.3 Å². The van der Waals surface area contributed by atoms with E-state index in [2.05, 4.69) is 15.3 Å². The number of nitrogens with one attached hydrogen (secondary N) is 1. The molecule has 0 aromatic heterocycles. The molecule has 2 aromatic carbocycles. The van der Waals surface area contributed by atoms with Crippen LogP contribution in [0.3, 0.4) is 0 Å². The van der Waals surface area contributed by atoms with Crippen LogP contribution in [0.5, 0.6) is 11.5 Å². The lowest BCUT2D eigenvalue weighted by Gasteiger charge is -2.11. The Bertz CT molecular complexity index is 765. The third-order valence-corrected chi connectivity index (χ3v) is 3.65. The number of ether oxygens (including phenoxy) is 3. The molecule has 0 heterocycles. The zero-order valence-electron chi connectivity index (χ0n) is 14.7. The zero-order chi connectivity index (χ0) is 18.8. The lowest BCUT2D eigenvalue weighted by molar-refractivity contribution is 0.171. The summed E-state index contributed by atoms with van der Waals surface area (Å²) in [5, 5.41) is 4.34. The van der Waals surface area contributed by atoms with E-state index in [1.54, 1.807) is 18.2 Å². The smallest absolute Gasteiger partial charge is 0.427 e. The van der Waals surface area contributed by atoms with Crippen molar-refractivity contribution in [3.05, 3.63) is 58.6 Å². The Morgan fingerprint density at radius 3 is 2.62 bits per heavy atom. The average Bonchev–Trinajstić information content (AvgIpc) is 2.64. The quantitative estimate of drug-likeness (QED) is 0.426. The summed E-state index contributed by atoms with van der Waals surface area (Å²) in [7, 11) is 1.26. The van der Waals surface area contributed by atoms with E-state index < -0.39 is 6.09 Å². The van der Waals surface area contributed by atoms with E-state index in [1.807, 2.05) is 31.2 Å². The van der Waals surface area contributed by atoms with Crippen molar-refractivity contribution in [2.45, 2.75) is 13.3 Å². The second-order valence-corrected chi connectivity index (χ2v) is 5.80. The number of benzene rings is 2. The highest BCUT2D eigenvalue weighted by atomic mass is 35.5. The molecule has 1 amide bonds. The molecule has 138 valence electrons. The van der Waals surface area contributed by atoms with Gasteiger partial charge in [-0.05, 0) is 36.8 Å². The molecular formula is C19H21ClN2O4. The molecule has 0 radical (unpaired) electrons. The first-order valence-electron chi connectivity index (χ1n) is 8.08. The fourth-order valence-electron chi connectivity index (χ4n) is 2.09. The number of rotatable bonds is 8. The maximum absolute atomic E-state index is 11.0. The Morgan fingerprint density at radius 2 is 1.88 bits per heavy atom. The topological polar surface area (TPSA) is 69.2 Å². The van der Waals surface area contributed by atoms with Crippen molar-refractivity contribution < 1.29 is 19.0 Å². The maximum atomic E-state index is 11.0. The molecule has 0 saturated carbocycles. The number of para-hydroxylation sites is 1. The summed E-state index contributed by atoms with van der Waals surface area (Å²) >= 11 is 6.00. The zero-order valence-corrected chi connectivity index (χ0v) is 15.5. The first kappa shape index (κ1) is 19.6. The number of hydrazone groups is 1. The number of carbonyl (C=O) groups excluding carboxylic acids is 1. The molecule has 0 aliphatic rings. The molecular weight excluding hydrogens is 356 g/mol. The second kappa shape index (κ2) is 10.3. The van der Waals surface area contributed by atoms with Crippen LogP contribution in [0.25, 0.3) is 0 Å². The van der Waals surface area contributed by atoms with E-state index in [0.29, 0.717) is 36.0 Å². The summed E-state index contributed by atoms with van der Waals surface area (Å²) in [5.74, 6) is 1.49. The minimum atomic E-state index is -0.654. The number of halogens is 1. The molecule has 0 spiro atoms. The van der Waals surface area contributed by atoms with Crippen LogP contribution in [-0.4, -0.2) is 32.6 Å². The fraction of sp³-hybridized carbons (Fsp3) is 0.263. The number of hydrogen-bond donors (Lipinski definition) is 1. The fourth-order valence-corrected chi connectivity index (χ4v) is 2.27. The number of carbonyl (C=O) groups is 1. The van der Waals surface area contributed by atoms with Gasteiger partial charge in [0.1, 0.15) is 11.5 Å². The maximum Gasteiger partial charge on any atom is 0.427 e. The molecule has 0 fully saturated rings. The van der Waals surface area contributed by atoms with Crippen molar-refractivity contribution >= 4 is 23.9 Å². The normalized spacial score (nSPS) is 10.6. The predicted molar refractivity (Wildman–Crippen MR) is 101 cm³/mol. The van der Waals surface area contributed by atoms with E-state index in [9.17, 15) is 4.79 Å². The molecule has 2 aromatic rings. The Morgan fingerprint density at radius 1 is 1.15 bits per heavy atom. The predicted octanol–water partition coefficient (Wildman–Crippen LogP) is 4.19. The highest BCUT2D eigenvalue weighted by Gasteiger charge is 2.04. The van der Waals surface area contributed by atoms with Crippen LogP contribution in [0, 0.1) is 6.92 Å². The Hall–Kier alpha value is -2.73. The molecule has 0 saturated heterocycles. The summed E-state index contributed by atoms with van der Waals surface area (Å²) in [5.41, 5.74) is 3.96. The van der Waals surface area contributed by atoms with Gasteiger partial charge in [-0.3, -0.25) is 0 Å².